The summed E-state index contributed by atoms with van der Waals surface area (Å²) in [5.41, 5.74) is -0.582. The van der Waals surface area contributed by atoms with E-state index in [-0.39, 0.29) is 6.61 Å². The van der Waals surface area contributed by atoms with Crippen molar-refractivity contribution in [3.63, 3.8) is 0 Å². The van der Waals surface area contributed by atoms with E-state index >= 15 is 0 Å². The fourth-order valence-corrected chi connectivity index (χ4v) is 3.10. The summed E-state index contributed by atoms with van der Waals surface area (Å²) >= 11 is 0. The van der Waals surface area contributed by atoms with Crippen LogP contribution in [0.5, 0.6) is 0 Å². The predicted molar refractivity (Wildman–Crippen MR) is 71.8 cm³/mol. The van der Waals surface area contributed by atoms with Crippen LogP contribution in [0.1, 0.15) is 6.92 Å². The summed E-state index contributed by atoms with van der Waals surface area (Å²) in [6.07, 6.45) is 0. The lowest BCUT2D eigenvalue weighted by atomic mass is 10.3. The SMILES string of the molecule is CCOC(=O)CS(=O)(=O)Nc1cc(F)ccc1S(N)(=O)=O. The first-order chi connectivity index (χ1) is 9.55. The first-order valence-electron chi connectivity index (χ1n) is 5.53. The van der Waals surface area contributed by atoms with E-state index in [1.54, 1.807) is 4.72 Å². The van der Waals surface area contributed by atoms with Crippen LogP contribution < -0.4 is 9.86 Å². The highest BCUT2D eigenvalue weighted by molar-refractivity contribution is 7.93. The van der Waals surface area contributed by atoms with E-state index in [0.717, 1.165) is 12.1 Å². The predicted octanol–water partition coefficient (Wildman–Crippen LogP) is -0.222. The number of ether oxygens (including phenoxy) is 1. The van der Waals surface area contributed by atoms with Crippen LogP contribution in [-0.4, -0.2) is 35.2 Å². The van der Waals surface area contributed by atoms with Gasteiger partial charge in [-0.25, -0.2) is 26.4 Å². The molecule has 0 amide bonds. The van der Waals surface area contributed by atoms with Crippen LogP contribution in [0.15, 0.2) is 23.1 Å². The zero-order valence-electron chi connectivity index (χ0n) is 10.9. The summed E-state index contributed by atoms with van der Waals surface area (Å²) in [4.78, 5) is 10.5. The Hall–Kier alpha value is -1.72. The van der Waals surface area contributed by atoms with Crippen molar-refractivity contribution in [3.8, 4) is 0 Å². The zero-order valence-corrected chi connectivity index (χ0v) is 12.5. The van der Waals surface area contributed by atoms with Crippen LogP contribution >= 0.6 is 0 Å². The highest BCUT2D eigenvalue weighted by Gasteiger charge is 2.22. The molecular formula is C10H13FN2O6S2. The number of benzene rings is 1. The molecular weight excluding hydrogens is 327 g/mol. The lowest BCUT2D eigenvalue weighted by molar-refractivity contribution is -0.139. The number of hydrogen-bond acceptors (Lipinski definition) is 6. The Kier molecular flexibility index (Phi) is 5.25. The lowest BCUT2D eigenvalue weighted by Gasteiger charge is -2.11. The summed E-state index contributed by atoms with van der Waals surface area (Å²) in [6, 6.07) is 2.26. The second-order valence-corrected chi connectivity index (χ2v) is 7.10. The number of carbonyl (C=O) groups is 1. The zero-order chi connectivity index (χ0) is 16.3. The standard InChI is InChI=1S/C10H13FN2O6S2/c1-2-19-10(14)6-20(15,16)13-8-5-7(11)3-4-9(8)21(12,17)18/h3-5,13H,2,6H2,1H3,(H2,12,17,18). The van der Waals surface area contributed by atoms with E-state index in [1.165, 1.54) is 6.92 Å². The first-order valence-corrected chi connectivity index (χ1v) is 8.73. The number of carbonyl (C=O) groups excluding carboxylic acids is 1. The highest BCUT2D eigenvalue weighted by Crippen LogP contribution is 2.22. The molecule has 0 bridgehead atoms. The van der Waals surface area contributed by atoms with Crippen LogP contribution in [0.4, 0.5) is 10.1 Å². The maximum atomic E-state index is 13.1. The Bertz CT molecular complexity index is 745. The van der Waals surface area contributed by atoms with Crippen LogP contribution in [0.3, 0.4) is 0 Å². The van der Waals surface area contributed by atoms with Crippen LogP contribution in [0, 0.1) is 5.82 Å². The highest BCUT2D eigenvalue weighted by atomic mass is 32.2. The summed E-state index contributed by atoms with van der Waals surface area (Å²) in [5, 5.41) is 4.90. The van der Waals surface area contributed by atoms with Crippen molar-refractivity contribution in [2.45, 2.75) is 11.8 Å². The molecule has 1 aromatic rings. The van der Waals surface area contributed by atoms with Gasteiger partial charge < -0.3 is 4.74 Å². The number of nitrogens with one attached hydrogen (secondary N) is 1. The molecule has 0 aliphatic heterocycles. The van der Waals surface area contributed by atoms with Gasteiger partial charge in [0, 0.05) is 0 Å². The minimum atomic E-state index is -4.27. The van der Waals surface area contributed by atoms with Gasteiger partial charge in [-0.2, -0.15) is 0 Å². The Morgan fingerprint density at radius 2 is 1.95 bits per heavy atom. The normalized spacial score (nSPS) is 12.0. The third-order valence-corrected chi connectivity index (χ3v) is 4.24. The third-order valence-electron chi connectivity index (χ3n) is 2.13. The van der Waals surface area contributed by atoms with Gasteiger partial charge >= 0.3 is 5.97 Å². The average Bonchev–Trinajstić information content (AvgIpc) is 2.25. The van der Waals surface area contributed by atoms with Gasteiger partial charge in [0.25, 0.3) is 0 Å². The van der Waals surface area contributed by atoms with E-state index in [9.17, 15) is 26.0 Å². The van der Waals surface area contributed by atoms with Crippen molar-refractivity contribution in [2.75, 3.05) is 17.1 Å². The molecule has 0 radical (unpaired) electrons. The van der Waals surface area contributed by atoms with Crippen LogP contribution in [0.2, 0.25) is 0 Å². The molecule has 3 N–H and O–H groups in total. The minimum Gasteiger partial charge on any atom is -0.465 e. The third kappa shape index (κ3) is 5.28. The number of hydrogen-bond donors (Lipinski definition) is 2. The Balaban J connectivity index is 3.13. The molecule has 0 saturated carbocycles. The molecule has 0 fully saturated rings. The maximum Gasteiger partial charge on any atom is 0.323 e. The van der Waals surface area contributed by atoms with Gasteiger partial charge in [0.15, 0.2) is 5.75 Å². The molecule has 0 atom stereocenters. The van der Waals surface area contributed by atoms with Crippen molar-refractivity contribution in [1.29, 1.82) is 0 Å². The molecule has 0 aliphatic carbocycles. The number of rotatable bonds is 6. The molecule has 0 aliphatic rings. The van der Waals surface area contributed by atoms with Crippen molar-refractivity contribution in [3.05, 3.63) is 24.0 Å². The fourth-order valence-electron chi connectivity index (χ4n) is 1.39. The number of nitrogens with two attached hydrogens (primary N) is 1. The molecule has 0 spiro atoms. The number of anilines is 1. The molecule has 0 unspecified atom stereocenters. The van der Waals surface area contributed by atoms with Crippen LogP contribution in [-0.2, 0) is 29.6 Å². The van der Waals surface area contributed by atoms with Gasteiger partial charge in [-0.15, -0.1) is 0 Å². The van der Waals surface area contributed by atoms with Gasteiger partial charge in [-0.3, -0.25) is 9.52 Å². The van der Waals surface area contributed by atoms with Crippen molar-refractivity contribution in [1.82, 2.24) is 0 Å². The average molecular weight is 340 g/mol. The number of halogens is 1. The van der Waals surface area contributed by atoms with Gasteiger partial charge in [0.2, 0.25) is 20.0 Å². The second kappa shape index (κ2) is 6.37. The lowest BCUT2D eigenvalue weighted by Crippen LogP contribution is -2.26. The van der Waals surface area contributed by atoms with Gasteiger partial charge in [0.05, 0.1) is 12.3 Å². The van der Waals surface area contributed by atoms with Crippen LogP contribution in [0.25, 0.3) is 0 Å². The quantitative estimate of drug-likeness (QED) is 0.688. The fraction of sp³-hybridized carbons (Fsp3) is 0.300. The van der Waals surface area contributed by atoms with E-state index in [4.69, 9.17) is 5.14 Å². The molecule has 0 heterocycles. The molecule has 118 valence electrons. The monoisotopic (exact) mass is 340 g/mol. The van der Waals surface area contributed by atoms with Gasteiger partial charge in [-0.05, 0) is 25.1 Å². The Morgan fingerprint density at radius 3 is 2.48 bits per heavy atom. The largest absolute Gasteiger partial charge is 0.465 e. The molecule has 0 saturated heterocycles. The van der Waals surface area contributed by atoms with E-state index in [2.05, 4.69) is 4.74 Å². The summed E-state index contributed by atoms with van der Waals surface area (Å²) in [7, 11) is -8.54. The summed E-state index contributed by atoms with van der Waals surface area (Å²) < 4.78 is 65.4. The summed E-state index contributed by atoms with van der Waals surface area (Å²) in [6.45, 7) is 1.47. The van der Waals surface area contributed by atoms with Gasteiger partial charge in [-0.1, -0.05) is 0 Å². The first kappa shape index (κ1) is 17.3. The van der Waals surface area contributed by atoms with E-state index in [0.29, 0.717) is 6.07 Å². The van der Waals surface area contributed by atoms with Crippen molar-refractivity contribution >= 4 is 31.7 Å². The molecule has 11 heteroatoms. The number of sulfonamides is 2. The number of esters is 1. The molecule has 8 nitrogen and oxygen atoms in total. The Morgan fingerprint density at radius 1 is 1.33 bits per heavy atom. The topological polar surface area (TPSA) is 133 Å². The second-order valence-electron chi connectivity index (χ2n) is 3.85. The maximum absolute atomic E-state index is 13.1. The molecule has 21 heavy (non-hydrogen) atoms. The molecule has 0 aromatic heterocycles. The summed E-state index contributed by atoms with van der Waals surface area (Å²) in [5.74, 6) is -2.95. The number of primary sulfonamides is 1. The molecule has 1 rings (SSSR count). The van der Waals surface area contributed by atoms with Crippen molar-refractivity contribution < 1.29 is 30.8 Å². The Labute approximate surface area is 121 Å². The smallest absolute Gasteiger partial charge is 0.323 e. The van der Waals surface area contributed by atoms with Gasteiger partial charge in [0.1, 0.15) is 10.7 Å². The van der Waals surface area contributed by atoms with E-state index in [1.807, 2.05) is 0 Å². The minimum absolute atomic E-state index is 0.0171. The molecule has 1 aromatic carbocycles. The van der Waals surface area contributed by atoms with E-state index < -0.39 is 48.2 Å². The van der Waals surface area contributed by atoms with Crippen molar-refractivity contribution in [2.24, 2.45) is 5.14 Å².